The van der Waals surface area contributed by atoms with Gasteiger partial charge in [-0.1, -0.05) is 66.3 Å². The van der Waals surface area contributed by atoms with Crippen molar-refractivity contribution in [1.82, 2.24) is 10.2 Å². The third-order valence-electron chi connectivity index (χ3n) is 3.66. The highest BCUT2D eigenvalue weighted by atomic mass is 35.5. The minimum absolute atomic E-state index is 0.181. The molecule has 1 aromatic heterocycles. The first-order valence-electron chi connectivity index (χ1n) is 7.62. The Bertz CT molecular complexity index is 835. The van der Waals surface area contributed by atoms with E-state index in [9.17, 15) is 4.79 Å². The van der Waals surface area contributed by atoms with Gasteiger partial charge < -0.3 is 0 Å². The number of aromatic nitrogens is 2. The van der Waals surface area contributed by atoms with Gasteiger partial charge in [0.05, 0.1) is 0 Å². The van der Waals surface area contributed by atoms with Gasteiger partial charge in [0.2, 0.25) is 5.13 Å². The number of amides is 1. The average molecular weight is 358 g/mol. The number of nitrogens with one attached hydrogen (secondary N) is 1. The van der Waals surface area contributed by atoms with Crippen molar-refractivity contribution in [2.75, 3.05) is 5.32 Å². The molecule has 0 aliphatic heterocycles. The Morgan fingerprint density at radius 3 is 2.67 bits per heavy atom. The topological polar surface area (TPSA) is 54.9 Å². The normalized spacial score (nSPS) is 11.9. The average Bonchev–Trinajstić information content (AvgIpc) is 3.04. The Labute approximate surface area is 149 Å². The van der Waals surface area contributed by atoms with Gasteiger partial charge in [-0.15, -0.1) is 10.2 Å². The number of hydrogen-bond acceptors (Lipinski definition) is 4. The van der Waals surface area contributed by atoms with Gasteiger partial charge in [-0.3, -0.25) is 10.1 Å². The minimum Gasteiger partial charge on any atom is -0.296 e. The Hall–Kier alpha value is -2.24. The van der Waals surface area contributed by atoms with E-state index in [1.807, 2.05) is 18.2 Å². The van der Waals surface area contributed by atoms with Crippen molar-refractivity contribution in [2.45, 2.75) is 19.3 Å². The van der Waals surface area contributed by atoms with E-state index in [0.717, 1.165) is 11.4 Å². The molecule has 24 heavy (non-hydrogen) atoms. The van der Waals surface area contributed by atoms with Crippen molar-refractivity contribution in [1.29, 1.82) is 0 Å². The van der Waals surface area contributed by atoms with Crippen LogP contribution in [0.15, 0.2) is 54.6 Å². The largest absolute Gasteiger partial charge is 0.296 e. The second-order valence-corrected chi connectivity index (χ2v) is 6.73. The van der Waals surface area contributed by atoms with Crippen molar-refractivity contribution in [3.8, 4) is 0 Å². The van der Waals surface area contributed by atoms with E-state index < -0.39 is 0 Å². The van der Waals surface area contributed by atoms with Gasteiger partial charge in [0, 0.05) is 16.5 Å². The van der Waals surface area contributed by atoms with Gasteiger partial charge in [0.1, 0.15) is 5.01 Å². The molecular weight excluding hydrogens is 342 g/mol. The summed E-state index contributed by atoms with van der Waals surface area (Å²) in [4.78, 5) is 12.3. The molecule has 0 saturated carbocycles. The van der Waals surface area contributed by atoms with Gasteiger partial charge >= 0.3 is 0 Å². The van der Waals surface area contributed by atoms with Crippen molar-refractivity contribution in [2.24, 2.45) is 0 Å². The summed E-state index contributed by atoms with van der Waals surface area (Å²) >= 11 is 7.32. The first kappa shape index (κ1) is 16.6. The summed E-state index contributed by atoms with van der Waals surface area (Å²) in [7, 11) is 0. The molecule has 6 heteroatoms. The lowest BCUT2D eigenvalue weighted by atomic mass is 9.97. The number of hydrogen-bond donors (Lipinski definition) is 1. The summed E-state index contributed by atoms with van der Waals surface area (Å²) in [6, 6.07) is 17.0. The molecule has 1 N–H and O–H groups in total. The van der Waals surface area contributed by atoms with Crippen LogP contribution in [0.1, 0.15) is 40.2 Å². The highest BCUT2D eigenvalue weighted by molar-refractivity contribution is 7.15. The zero-order valence-electron chi connectivity index (χ0n) is 13.1. The second-order valence-electron chi connectivity index (χ2n) is 5.28. The monoisotopic (exact) mass is 357 g/mol. The standard InChI is InChI=1S/C18H16ClN3OS/c1-2-15(12-7-4-3-5-8-12)17-21-22-18(24-17)20-16(23)13-9-6-10-14(19)11-13/h3-11,15H,2H2,1H3,(H,20,22,23)/t15-/m1/s1. The SMILES string of the molecule is CC[C@H](c1ccccc1)c1nnc(NC(=O)c2cccc(Cl)c2)s1. The highest BCUT2D eigenvalue weighted by Crippen LogP contribution is 2.31. The number of carbonyl (C=O) groups is 1. The molecule has 3 rings (SSSR count). The molecule has 1 heterocycles. The summed E-state index contributed by atoms with van der Waals surface area (Å²) in [5, 5.41) is 13.0. The van der Waals surface area contributed by atoms with E-state index in [2.05, 4.69) is 34.6 Å². The van der Waals surface area contributed by atoms with Crippen molar-refractivity contribution < 1.29 is 4.79 Å². The van der Waals surface area contributed by atoms with E-state index >= 15 is 0 Å². The van der Waals surface area contributed by atoms with Crippen LogP contribution in [0.25, 0.3) is 0 Å². The molecule has 0 unspecified atom stereocenters. The number of benzene rings is 2. The maximum Gasteiger partial charge on any atom is 0.257 e. The summed E-state index contributed by atoms with van der Waals surface area (Å²) < 4.78 is 0. The van der Waals surface area contributed by atoms with Gasteiger partial charge in [0.15, 0.2) is 0 Å². The smallest absolute Gasteiger partial charge is 0.257 e. The van der Waals surface area contributed by atoms with Crippen LogP contribution in [0.2, 0.25) is 5.02 Å². The first-order chi connectivity index (χ1) is 11.7. The second kappa shape index (κ2) is 7.55. The Kier molecular flexibility index (Phi) is 5.23. The lowest BCUT2D eigenvalue weighted by Gasteiger charge is -2.11. The van der Waals surface area contributed by atoms with Gasteiger partial charge in [-0.05, 0) is 30.2 Å². The van der Waals surface area contributed by atoms with Crippen LogP contribution in [-0.4, -0.2) is 16.1 Å². The van der Waals surface area contributed by atoms with Gasteiger partial charge in [0.25, 0.3) is 5.91 Å². The number of anilines is 1. The van der Waals surface area contributed by atoms with Gasteiger partial charge in [-0.2, -0.15) is 0 Å². The van der Waals surface area contributed by atoms with Crippen molar-refractivity contribution >= 4 is 34.0 Å². The molecule has 1 amide bonds. The van der Waals surface area contributed by atoms with Gasteiger partial charge in [-0.25, -0.2) is 0 Å². The third kappa shape index (κ3) is 3.80. The molecule has 0 bridgehead atoms. The molecule has 0 radical (unpaired) electrons. The number of rotatable bonds is 5. The molecule has 0 aliphatic carbocycles. The van der Waals surface area contributed by atoms with Crippen LogP contribution in [0.4, 0.5) is 5.13 Å². The van der Waals surface area contributed by atoms with Crippen LogP contribution >= 0.6 is 22.9 Å². The fraction of sp³-hybridized carbons (Fsp3) is 0.167. The van der Waals surface area contributed by atoms with E-state index in [1.54, 1.807) is 24.3 Å². The first-order valence-corrected chi connectivity index (χ1v) is 8.82. The summed E-state index contributed by atoms with van der Waals surface area (Å²) in [6.07, 6.45) is 0.918. The maximum absolute atomic E-state index is 12.3. The van der Waals surface area contributed by atoms with Crippen molar-refractivity contribution in [3.05, 3.63) is 75.8 Å². The Morgan fingerprint density at radius 1 is 1.17 bits per heavy atom. The fourth-order valence-corrected chi connectivity index (χ4v) is 3.60. The van der Waals surface area contributed by atoms with E-state index in [-0.39, 0.29) is 11.8 Å². The molecule has 0 aliphatic rings. The zero-order valence-corrected chi connectivity index (χ0v) is 14.6. The molecule has 2 aromatic carbocycles. The predicted octanol–water partition coefficient (Wildman–Crippen LogP) is 4.99. The summed E-state index contributed by atoms with van der Waals surface area (Å²) in [6.45, 7) is 2.11. The molecule has 0 fully saturated rings. The van der Waals surface area contributed by atoms with Crippen LogP contribution in [-0.2, 0) is 0 Å². The van der Waals surface area contributed by atoms with E-state index in [0.29, 0.717) is 15.7 Å². The lowest BCUT2D eigenvalue weighted by Crippen LogP contribution is -2.11. The summed E-state index contributed by atoms with van der Waals surface area (Å²) in [5.41, 5.74) is 1.69. The van der Waals surface area contributed by atoms with Crippen LogP contribution in [0.3, 0.4) is 0 Å². The van der Waals surface area contributed by atoms with Crippen molar-refractivity contribution in [3.63, 3.8) is 0 Å². The quantitative estimate of drug-likeness (QED) is 0.700. The van der Waals surface area contributed by atoms with Crippen LogP contribution < -0.4 is 5.32 Å². The molecular formula is C18H16ClN3OS. The molecule has 0 spiro atoms. The Morgan fingerprint density at radius 2 is 1.96 bits per heavy atom. The maximum atomic E-state index is 12.3. The Balaban J connectivity index is 1.77. The lowest BCUT2D eigenvalue weighted by molar-refractivity contribution is 0.102. The van der Waals surface area contributed by atoms with E-state index in [1.165, 1.54) is 16.9 Å². The van der Waals surface area contributed by atoms with Crippen LogP contribution in [0.5, 0.6) is 0 Å². The van der Waals surface area contributed by atoms with Crippen LogP contribution in [0, 0.1) is 0 Å². The fourth-order valence-electron chi connectivity index (χ4n) is 2.46. The number of halogens is 1. The number of carbonyl (C=O) groups excluding carboxylic acids is 1. The zero-order chi connectivity index (χ0) is 16.9. The minimum atomic E-state index is -0.243. The van der Waals surface area contributed by atoms with E-state index in [4.69, 9.17) is 11.6 Å². The summed E-state index contributed by atoms with van der Waals surface area (Å²) in [5.74, 6) is -0.0616. The molecule has 3 aromatic rings. The third-order valence-corrected chi connectivity index (χ3v) is 4.84. The molecule has 1 atom stereocenters. The molecule has 122 valence electrons. The predicted molar refractivity (Wildman–Crippen MR) is 97.9 cm³/mol. The molecule has 0 saturated heterocycles. The highest BCUT2D eigenvalue weighted by Gasteiger charge is 2.18. The number of nitrogens with zero attached hydrogens (tertiary/aromatic N) is 2. The molecule has 4 nitrogen and oxygen atoms in total.